The number of nitrogens with zero attached hydrogens (tertiary/aromatic N) is 5. The van der Waals surface area contributed by atoms with Crippen LogP contribution in [0, 0.1) is 18.6 Å². The van der Waals surface area contributed by atoms with E-state index < -0.39 is 39.5 Å². The monoisotopic (exact) mass is 625 g/mol. The Bertz CT molecular complexity index is 1770. The number of aromatic nitrogens is 3. The average Bonchev–Trinajstić information content (AvgIpc) is 3.53. The highest BCUT2D eigenvalue weighted by Crippen LogP contribution is 2.33. The maximum absolute atomic E-state index is 14.1. The molecule has 3 heterocycles. The molecule has 2 aromatic heterocycles. The number of hydrogen-bond donors (Lipinski definition) is 2. The molecule has 232 valence electrons. The predicted octanol–water partition coefficient (Wildman–Crippen LogP) is 5.01. The van der Waals surface area contributed by atoms with Gasteiger partial charge in [0.1, 0.15) is 11.9 Å². The van der Waals surface area contributed by atoms with Crippen LogP contribution in [0.3, 0.4) is 0 Å². The van der Waals surface area contributed by atoms with Crippen LogP contribution >= 0.6 is 0 Å². The van der Waals surface area contributed by atoms with Crippen molar-refractivity contribution in [3.8, 4) is 16.9 Å². The largest absolute Gasteiger partial charge is 0.383 e. The van der Waals surface area contributed by atoms with E-state index in [1.807, 2.05) is 37.3 Å². The van der Waals surface area contributed by atoms with Gasteiger partial charge in [0.05, 0.1) is 24.0 Å². The molecule has 5 rings (SSSR count). The van der Waals surface area contributed by atoms with E-state index in [9.17, 15) is 17.8 Å². The van der Waals surface area contributed by atoms with Crippen molar-refractivity contribution in [2.45, 2.75) is 19.1 Å². The van der Waals surface area contributed by atoms with Crippen molar-refractivity contribution in [1.29, 1.82) is 0 Å². The number of rotatable bonds is 9. The van der Waals surface area contributed by atoms with Gasteiger partial charge < -0.3 is 10.1 Å². The maximum Gasteiger partial charge on any atom is 0.320 e. The lowest BCUT2D eigenvalue weighted by molar-refractivity contribution is -0.154. The molecule has 0 saturated carbocycles. The number of benzene rings is 2. The van der Waals surface area contributed by atoms with E-state index in [-0.39, 0.29) is 6.54 Å². The number of urea groups is 1. The van der Waals surface area contributed by atoms with Crippen LogP contribution in [0.5, 0.6) is 0 Å². The Hall–Kier alpha value is -4.24. The lowest BCUT2D eigenvalue weighted by Gasteiger charge is -2.20. The SMILES string of the molecule is COCCN1C[C@@H](NC(=O)Nc2c(C)c(-c3ccnc(N=S(C)(C)=O)c3)nn2-c2ccccc2)[C@H](c2ccc(F)c(F)c2)O1. The molecule has 44 heavy (non-hydrogen) atoms. The average molecular weight is 626 g/mol. The van der Waals surface area contributed by atoms with E-state index in [0.717, 1.165) is 12.1 Å². The molecule has 1 fully saturated rings. The van der Waals surface area contributed by atoms with Crippen LogP contribution in [0.1, 0.15) is 17.2 Å². The normalized spacial score (nSPS) is 17.0. The summed E-state index contributed by atoms with van der Waals surface area (Å²) in [6.45, 7) is 2.89. The van der Waals surface area contributed by atoms with E-state index in [1.165, 1.54) is 18.6 Å². The van der Waals surface area contributed by atoms with Crippen molar-refractivity contribution in [3.63, 3.8) is 0 Å². The first-order chi connectivity index (χ1) is 21.0. The summed E-state index contributed by atoms with van der Waals surface area (Å²) in [6.07, 6.45) is 3.85. The summed E-state index contributed by atoms with van der Waals surface area (Å²) in [5.41, 5.74) is 2.99. The minimum atomic E-state index is -2.44. The van der Waals surface area contributed by atoms with Gasteiger partial charge in [-0.3, -0.25) is 10.2 Å². The van der Waals surface area contributed by atoms with Crippen LogP contribution in [0.15, 0.2) is 71.2 Å². The number of carbonyl (C=O) groups excluding carboxylic acids is 1. The standard InChI is InChI=1S/C30H33F2N7O4S/c1-19-27(20-12-13-33-26(17-20)37-44(3,4)41)36-39(22-8-6-5-7-9-22)29(19)35-30(40)34-25-18-38(14-15-42-2)43-28(25)21-10-11-23(31)24(32)16-21/h5-13,16-17,25,28H,14-15,18H2,1-4H3,(H2,34,35,40)/t25-,28+/m1/s1. The Morgan fingerprint density at radius 2 is 1.91 bits per heavy atom. The van der Waals surface area contributed by atoms with Gasteiger partial charge in [0.25, 0.3) is 0 Å². The second-order valence-corrected chi connectivity index (χ2v) is 13.1. The van der Waals surface area contributed by atoms with E-state index in [0.29, 0.717) is 52.9 Å². The number of para-hydroxylation sites is 1. The Balaban J connectivity index is 1.46. The first-order valence-electron chi connectivity index (χ1n) is 13.7. The van der Waals surface area contributed by atoms with Gasteiger partial charge in [-0.1, -0.05) is 24.3 Å². The second kappa shape index (κ2) is 13.2. The van der Waals surface area contributed by atoms with Crippen molar-refractivity contribution in [3.05, 3.63) is 89.6 Å². The molecule has 2 atom stereocenters. The molecule has 0 unspecified atom stereocenters. The fourth-order valence-electron chi connectivity index (χ4n) is 4.86. The van der Waals surface area contributed by atoms with Crippen molar-refractivity contribution < 1.29 is 27.4 Å². The highest BCUT2D eigenvalue weighted by atomic mass is 32.2. The predicted molar refractivity (Wildman–Crippen MR) is 163 cm³/mol. The number of halogens is 2. The van der Waals surface area contributed by atoms with Gasteiger partial charge in [0.2, 0.25) is 0 Å². The molecule has 0 bridgehead atoms. The highest BCUT2D eigenvalue weighted by molar-refractivity contribution is 7.92. The number of anilines is 1. The number of methoxy groups -OCH3 is 1. The molecule has 11 nitrogen and oxygen atoms in total. The fraction of sp³-hybridized carbons (Fsp3) is 0.300. The Morgan fingerprint density at radius 3 is 2.61 bits per heavy atom. The Labute approximate surface area is 254 Å². The van der Waals surface area contributed by atoms with Crippen LogP contribution < -0.4 is 10.6 Å². The minimum Gasteiger partial charge on any atom is -0.383 e. The summed E-state index contributed by atoms with van der Waals surface area (Å²) in [7, 11) is -0.875. The smallest absolute Gasteiger partial charge is 0.320 e. The van der Waals surface area contributed by atoms with Gasteiger partial charge in [0, 0.05) is 59.8 Å². The third-order valence-corrected chi connectivity index (χ3v) is 7.48. The number of nitrogens with one attached hydrogen (secondary N) is 2. The summed E-state index contributed by atoms with van der Waals surface area (Å²) in [4.78, 5) is 23.7. The fourth-order valence-corrected chi connectivity index (χ4v) is 5.41. The number of pyridine rings is 1. The highest BCUT2D eigenvalue weighted by Gasteiger charge is 2.37. The molecular formula is C30H33F2N7O4S. The minimum absolute atomic E-state index is 0.282. The van der Waals surface area contributed by atoms with Gasteiger partial charge in [-0.2, -0.15) is 14.5 Å². The quantitative estimate of drug-likeness (QED) is 0.268. The molecule has 1 aliphatic rings. The van der Waals surface area contributed by atoms with Gasteiger partial charge >= 0.3 is 6.03 Å². The maximum atomic E-state index is 14.1. The number of hydroxylamine groups is 2. The molecule has 14 heteroatoms. The van der Waals surface area contributed by atoms with Crippen LogP contribution in [0.25, 0.3) is 16.9 Å². The zero-order valence-corrected chi connectivity index (χ0v) is 25.5. The van der Waals surface area contributed by atoms with Crippen LogP contribution in [-0.4, -0.2) is 75.4 Å². The first-order valence-corrected chi connectivity index (χ1v) is 16.1. The van der Waals surface area contributed by atoms with E-state index in [1.54, 1.807) is 35.2 Å². The molecule has 2 aromatic carbocycles. The molecule has 4 aromatic rings. The van der Waals surface area contributed by atoms with Gasteiger partial charge in [0.15, 0.2) is 17.5 Å². The van der Waals surface area contributed by atoms with Crippen molar-refractivity contribution in [1.82, 2.24) is 25.1 Å². The first kappa shape index (κ1) is 31.2. The molecule has 1 saturated heterocycles. The molecule has 2 amide bonds. The zero-order chi connectivity index (χ0) is 31.4. The zero-order valence-electron chi connectivity index (χ0n) is 24.7. The molecule has 0 aliphatic carbocycles. The molecular weight excluding hydrogens is 592 g/mol. The van der Waals surface area contributed by atoms with Crippen LogP contribution in [0.2, 0.25) is 0 Å². The van der Waals surface area contributed by atoms with Crippen molar-refractivity contribution in [2.75, 3.05) is 44.6 Å². The lowest BCUT2D eigenvalue weighted by atomic mass is 10.0. The van der Waals surface area contributed by atoms with Gasteiger partial charge in [-0.05, 0) is 48.9 Å². The molecule has 0 spiro atoms. The summed E-state index contributed by atoms with van der Waals surface area (Å²) in [5.74, 6) is -1.26. The third kappa shape index (κ3) is 7.27. The van der Waals surface area contributed by atoms with Crippen LogP contribution in [-0.2, 0) is 19.3 Å². The third-order valence-electron chi connectivity index (χ3n) is 6.85. The van der Waals surface area contributed by atoms with E-state index in [2.05, 4.69) is 20.0 Å². The topological polar surface area (TPSA) is 123 Å². The van der Waals surface area contributed by atoms with E-state index in [4.69, 9.17) is 14.7 Å². The number of ether oxygens (including phenoxy) is 1. The van der Waals surface area contributed by atoms with Gasteiger partial charge in [-0.15, -0.1) is 0 Å². The second-order valence-electron chi connectivity index (χ2n) is 10.5. The van der Waals surface area contributed by atoms with Gasteiger partial charge in [-0.25, -0.2) is 27.5 Å². The molecule has 1 aliphatic heterocycles. The van der Waals surface area contributed by atoms with Crippen LogP contribution in [0.4, 0.5) is 25.2 Å². The number of hydrogen-bond acceptors (Lipinski definition) is 8. The van der Waals surface area contributed by atoms with Crippen molar-refractivity contribution in [2.24, 2.45) is 4.36 Å². The number of carbonyl (C=O) groups is 1. The summed E-state index contributed by atoms with van der Waals surface area (Å²) < 4.78 is 51.0. The number of amides is 2. The Morgan fingerprint density at radius 1 is 1.14 bits per heavy atom. The van der Waals surface area contributed by atoms with Crippen molar-refractivity contribution >= 4 is 27.4 Å². The van der Waals surface area contributed by atoms with E-state index >= 15 is 0 Å². The Kier molecular flexibility index (Phi) is 9.34. The summed E-state index contributed by atoms with van der Waals surface area (Å²) >= 11 is 0. The lowest BCUT2D eigenvalue weighted by Crippen LogP contribution is -2.42. The summed E-state index contributed by atoms with van der Waals surface area (Å²) in [5, 5.41) is 12.3. The molecule has 2 N–H and O–H groups in total. The molecule has 0 radical (unpaired) electrons. The summed E-state index contributed by atoms with van der Waals surface area (Å²) in [6, 6.07) is 15.1.